The Morgan fingerprint density at radius 3 is 2.17 bits per heavy atom. The molecule has 0 aliphatic heterocycles. The maximum absolute atomic E-state index is 4.99. The molecule has 0 N–H and O–H groups in total. The van der Waals surface area contributed by atoms with Gasteiger partial charge >= 0.3 is 0 Å². The van der Waals surface area contributed by atoms with Gasteiger partial charge < -0.3 is 0 Å². The first-order chi connectivity index (χ1) is 10.9. The Hall–Kier alpha value is -1.23. The molecule has 1 aromatic heterocycles. The molecule has 2 aromatic carbocycles. The van der Waals surface area contributed by atoms with E-state index in [4.69, 9.17) is 4.98 Å². The maximum Gasteiger partial charge on any atom is 0.124 e. The minimum absolute atomic E-state index is 1.10. The third-order valence-corrected chi connectivity index (χ3v) is 6.83. The van der Waals surface area contributed by atoms with Gasteiger partial charge in [0.15, 0.2) is 0 Å². The molecule has 4 heteroatoms. The minimum Gasteiger partial charge on any atom is -0.236 e. The molecule has 1 nitrogen and oxygen atoms in total. The predicted molar refractivity (Wildman–Crippen MR) is 108 cm³/mol. The number of thiazole rings is 1. The SMILES string of the molecule is C[Si](C)(C)Cc1sc(-c2ccc(Br)cc2)nc1-c1ccccc1. The number of hydrogen-bond donors (Lipinski definition) is 0. The summed E-state index contributed by atoms with van der Waals surface area (Å²) in [5.41, 5.74) is 3.58. The van der Waals surface area contributed by atoms with Crippen LogP contribution >= 0.6 is 27.3 Å². The number of halogens is 1. The van der Waals surface area contributed by atoms with Crippen LogP contribution in [0.15, 0.2) is 59.1 Å². The zero-order valence-corrected chi connectivity index (χ0v) is 17.0. The first-order valence-corrected chi connectivity index (χ1v) is 13.1. The highest BCUT2D eigenvalue weighted by molar-refractivity contribution is 9.10. The van der Waals surface area contributed by atoms with Gasteiger partial charge in [0.1, 0.15) is 5.01 Å². The van der Waals surface area contributed by atoms with Crippen LogP contribution in [0.1, 0.15) is 4.88 Å². The van der Waals surface area contributed by atoms with E-state index in [1.54, 1.807) is 0 Å². The summed E-state index contributed by atoms with van der Waals surface area (Å²) in [5.74, 6) is 0. The highest BCUT2D eigenvalue weighted by Crippen LogP contribution is 2.36. The highest BCUT2D eigenvalue weighted by atomic mass is 79.9. The van der Waals surface area contributed by atoms with Gasteiger partial charge in [0.05, 0.1) is 5.69 Å². The van der Waals surface area contributed by atoms with Gasteiger partial charge in [0.2, 0.25) is 0 Å². The van der Waals surface area contributed by atoms with Gasteiger partial charge in [-0.25, -0.2) is 4.98 Å². The van der Waals surface area contributed by atoms with E-state index < -0.39 is 8.07 Å². The number of rotatable bonds is 4. The van der Waals surface area contributed by atoms with Gasteiger partial charge in [-0.3, -0.25) is 0 Å². The van der Waals surface area contributed by atoms with Crippen molar-refractivity contribution in [2.45, 2.75) is 25.7 Å². The lowest BCUT2D eigenvalue weighted by Gasteiger charge is -2.15. The Kier molecular flexibility index (Phi) is 4.85. The molecule has 118 valence electrons. The third kappa shape index (κ3) is 4.19. The van der Waals surface area contributed by atoms with Crippen molar-refractivity contribution in [2.75, 3.05) is 0 Å². The number of aromatic nitrogens is 1. The average Bonchev–Trinajstić information content (AvgIpc) is 2.90. The lowest BCUT2D eigenvalue weighted by Crippen LogP contribution is -2.23. The van der Waals surface area contributed by atoms with E-state index >= 15 is 0 Å². The summed E-state index contributed by atoms with van der Waals surface area (Å²) in [6.07, 6.45) is 0. The van der Waals surface area contributed by atoms with E-state index in [0.717, 1.165) is 15.2 Å². The molecule has 23 heavy (non-hydrogen) atoms. The quantitative estimate of drug-likeness (QED) is 0.445. The summed E-state index contributed by atoms with van der Waals surface area (Å²) >= 11 is 5.35. The molecule has 0 unspecified atom stereocenters. The fourth-order valence-corrected chi connectivity index (χ4v) is 6.36. The summed E-state index contributed by atoms with van der Waals surface area (Å²) in [5, 5.41) is 1.12. The smallest absolute Gasteiger partial charge is 0.124 e. The zero-order valence-electron chi connectivity index (χ0n) is 13.6. The second kappa shape index (κ2) is 6.71. The van der Waals surface area contributed by atoms with E-state index in [1.807, 2.05) is 11.3 Å². The van der Waals surface area contributed by atoms with Crippen molar-refractivity contribution in [3.63, 3.8) is 0 Å². The lowest BCUT2D eigenvalue weighted by molar-refractivity contribution is 1.31. The van der Waals surface area contributed by atoms with Crippen molar-refractivity contribution in [2.24, 2.45) is 0 Å². The minimum atomic E-state index is -1.20. The maximum atomic E-state index is 4.99. The highest BCUT2D eigenvalue weighted by Gasteiger charge is 2.21. The van der Waals surface area contributed by atoms with Crippen LogP contribution in [0, 0.1) is 0 Å². The Morgan fingerprint density at radius 2 is 1.57 bits per heavy atom. The molecule has 3 rings (SSSR count). The van der Waals surface area contributed by atoms with Gasteiger partial charge in [0.25, 0.3) is 0 Å². The van der Waals surface area contributed by atoms with Crippen LogP contribution < -0.4 is 0 Å². The molecular formula is C19H20BrNSSi. The second-order valence-electron chi connectivity index (χ2n) is 6.90. The van der Waals surface area contributed by atoms with Crippen molar-refractivity contribution >= 4 is 35.3 Å². The molecule has 1 heterocycles. The number of hydrogen-bond acceptors (Lipinski definition) is 2. The van der Waals surface area contributed by atoms with Crippen molar-refractivity contribution in [3.8, 4) is 21.8 Å². The normalized spacial score (nSPS) is 11.7. The van der Waals surface area contributed by atoms with Crippen molar-refractivity contribution in [1.29, 1.82) is 0 Å². The molecule has 0 atom stereocenters. The van der Waals surface area contributed by atoms with Gasteiger partial charge in [0, 0.05) is 28.6 Å². The van der Waals surface area contributed by atoms with Crippen LogP contribution in [-0.4, -0.2) is 13.1 Å². The van der Waals surface area contributed by atoms with Gasteiger partial charge in [-0.1, -0.05) is 78.0 Å². The summed E-state index contributed by atoms with van der Waals surface area (Å²) < 4.78 is 1.10. The fourth-order valence-electron chi connectivity index (χ4n) is 2.49. The summed E-state index contributed by atoms with van der Waals surface area (Å²) in [7, 11) is -1.20. The Balaban J connectivity index is 2.08. The van der Waals surface area contributed by atoms with Gasteiger partial charge in [-0.2, -0.15) is 0 Å². The summed E-state index contributed by atoms with van der Waals surface area (Å²) in [6.45, 7) is 7.25. The Labute approximate surface area is 151 Å². The van der Waals surface area contributed by atoms with Crippen LogP contribution in [0.4, 0.5) is 0 Å². The molecular weight excluding hydrogens is 382 g/mol. The van der Waals surface area contributed by atoms with Crippen molar-refractivity contribution in [1.82, 2.24) is 4.98 Å². The van der Waals surface area contributed by atoms with Gasteiger partial charge in [-0.05, 0) is 18.2 Å². The van der Waals surface area contributed by atoms with E-state index in [1.165, 1.54) is 22.0 Å². The molecule has 0 fully saturated rings. The average molecular weight is 402 g/mol. The van der Waals surface area contributed by atoms with Crippen LogP contribution in [0.5, 0.6) is 0 Å². The lowest BCUT2D eigenvalue weighted by atomic mass is 10.1. The molecule has 0 aliphatic rings. The van der Waals surface area contributed by atoms with E-state index in [0.29, 0.717) is 0 Å². The first kappa shape index (κ1) is 16.6. The van der Waals surface area contributed by atoms with E-state index in [-0.39, 0.29) is 0 Å². The van der Waals surface area contributed by atoms with E-state index in [9.17, 15) is 0 Å². The number of benzene rings is 2. The van der Waals surface area contributed by atoms with E-state index in [2.05, 4.69) is 90.2 Å². The van der Waals surface area contributed by atoms with Crippen molar-refractivity contribution in [3.05, 3.63) is 63.9 Å². The second-order valence-corrected chi connectivity index (χ2v) is 14.4. The molecule has 0 saturated heterocycles. The Bertz CT molecular complexity index is 788. The van der Waals surface area contributed by atoms with Crippen molar-refractivity contribution < 1.29 is 0 Å². The van der Waals surface area contributed by atoms with Crippen LogP contribution in [0.2, 0.25) is 19.6 Å². The van der Waals surface area contributed by atoms with Crippen LogP contribution in [0.25, 0.3) is 21.8 Å². The third-order valence-electron chi connectivity index (χ3n) is 3.53. The molecule has 0 saturated carbocycles. The molecule has 3 aromatic rings. The Morgan fingerprint density at radius 1 is 0.913 bits per heavy atom. The molecule has 0 bridgehead atoms. The topological polar surface area (TPSA) is 12.9 Å². The molecule has 0 radical (unpaired) electrons. The molecule has 0 spiro atoms. The van der Waals surface area contributed by atoms with Gasteiger partial charge in [-0.15, -0.1) is 11.3 Å². The van der Waals surface area contributed by atoms with Crippen LogP contribution in [0.3, 0.4) is 0 Å². The number of nitrogens with zero attached hydrogens (tertiary/aromatic N) is 1. The predicted octanol–water partition coefficient (Wildman–Crippen LogP) is 6.66. The standard InChI is InChI=1S/C19H20BrNSSi/c1-23(2,3)13-17-18(14-7-5-4-6-8-14)21-19(22-17)15-9-11-16(20)12-10-15/h4-12H,13H2,1-3H3. The largest absolute Gasteiger partial charge is 0.236 e. The molecule has 0 amide bonds. The monoisotopic (exact) mass is 401 g/mol. The summed E-state index contributed by atoms with van der Waals surface area (Å²) in [4.78, 5) is 6.41. The first-order valence-electron chi connectivity index (χ1n) is 7.73. The summed E-state index contributed by atoms with van der Waals surface area (Å²) in [6, 6.07) is 20.2. The fraction of sp³-hybridized carbons (Fsp3) is 0.211. The zero-order chi connectivity index (χ0) is 16.4. The van der Waals surface area contributed by atoms with Crippen LogP contribution in [-0.2, 0) is 6.04 Å². The molecule has 0 aliphatic carbocycles.